The fourth-order valence-electron chi connectivity index (χ4n) is 12.6. The Hall–Kier alpha value is -8.43. The van der Waals surface area contributed by atoms with Gasteiger partial charge in [0.2, 0.25) is 0 Å². The number of piperidine rings is 3. The Balaban J connectivity index is 0.000000138. The molecule has 15 rings (SSSR count). The van der Waals surface area contributed by atoms with Crippen LogP contribution in [0.15, 0.2) is 211 Å². The molecule has 3 aliphatic heterocycles. The number of halogens is 1. The second kappa shape index (κ2) is 37.5. The van der Waals surface area contributed by atoms with E-state index in [9.17, 15) is 43.2 Å². The minimum atomic E-state index is -3.44. The highest BCUT2D eigenvalue weighted by Crippen LogP contribution is 2.37. The summed E-state index contributed by atoms with van der Waals surface area (Å²) >= 11 is 5.03. The Morgan fingerprint density at radius 1 is 0.369 bits per heavy atom. The third-order valence-corrected chi connectivity index (χ3v) is 33.2. The minimum Gasteiger partial charge on any atom is -0.389 e. The van der Waals surface area contributed by atoms with Crippen molar-refractivity contribution in [2.24, 2.45) is 0 Å². The molecule has 1 atom stereocenters. The number of nitrogens with zero attached hydrogens (tertiary/aromatic N) is 11. The first-order valence-corrected chi connectivity index (χ1v) is 46.0. The highest BCUT2D eigenvalue weighted by molar-refractivity contribution is 7.94. The molecule has 0 amide bonds. The van der Waals surface area contributed by atoms with Crippen molar-refractivity contribution in [2.45, 2.75) is 146 Å². The van der Waals surface area contributed by atoms with E-state index in [1.54, 1.807) is 119 Å². The predicted octanol–water partition coefficient (Wildman–Crippen LogP) is 16.7. The number of sulfone groups is 1. The number of aliphatic hydroxyl groups excluding tert-OH is 1. The monoisotopic (exact) mass is 1650 g/mol. The van der Waals surface area contributed by atoms with Gasteiger partial charge in [0.05, 0.1) is 53.6 Å². The van der Waals surface area contributed by atoms with Gasteiger partial charge in [0.15, 0.2) is 9.84 Å². The quantitative estimate of drug-likeness (QED) is 0.0700. The molecule has 111 heavy (non-hydrogen) atoms. The lowest BCUT2D eigenvalue weighted by Gasteiger charge is -2.25. The molecule has 29 heteroatoms. The summed E-state index contributed by atoms with van der Waals surface area (Å²) in [5, 5.41) is 9.28. The van der Waals surface area contributed by atoms with Crippen molar-refractivity contribution < 1.29 is 43.2 Å². The number of aryl methyl sites for hydroxylation is 2. The molecule has 3 aliphatic rings. The van der Waals surface area contributed by atoms with Gasteiger partial charge in [0.1, 0.15) is 46.0 Å². The molecule has 12 aromatic rings. The van der Waals surface area contributed by atoms with E-state index in [0.29, 0.717) is 105 Å². The summed E-state index contributed by atoms with van der Waals surface area (Å²) in [5.74, 6) is 2.45. The Morgan fingerprint density at radius 3 is 1.07 bits per heavy atom. The van der Waals surface area contributed by atoms with E-state index in [0.717, 1.165) is 123 Å². The highest BCUT2D eigenvalue weighted by atomic mass is 32.3. The van der Waals surface area contributed by atoms with Crippen molar-refractivity contribution in [3.05, 3.63) is 263 Å². The van der Waals surface area contributed by atoms with Crippen LogP contribution in [0.1, 0.15) is 147 Å². The molecule has 1 unspecified atom stereocenters. The molecule has 4 aromatic carbocycles. The van der Waals surface area contributed by atoms with Gasteiger partial charge < -0.3 is 5.11 Å². The number of benzene rings is 4. The van der Waals surface area contributed by atoms with Crippen LogP contribution in [-0.4, -0.2) is 136 Å². The molecule has 1 N–H and O–H groups in total. The zero-order valence-electron chi connectivity index (χ0n) is 62.3. The van der Waals surface area contributed by atoms with Gasteiger partial charge in [0.25, 0.3) is 30.1 Å². The Morgan fingerprint density at radius 2 is 0.703 bits per heavy atom. The molecule has 11 heterocycles. The Labute approximate surface area is 666 Å². The molecule has 20 nitrogen and oxygen atoms in total. The maximum atomic E-state index is 13.1. The van der Waals surface area contributed by atoms with Gasteiger partial charge in [-0.05, 0) is 197 Å². The lowest BCUT2D eigenvalue weighted by Crippen LogP contribution is -2.35. The largest absolute Gasteiger partial charge is 0.389 e. The molecule has 8 aromatic heterocycles. The fourth-order valence-corrected chi connectivity index (χ4v) is 24.2. The molecule has 3 saturated heterocycles. The van der Waals surface area contributed by atoms with E-state index in [1.165, 1.54) is 74.2 Å². The van der Waals surface area contributed by atoms with Gasteiger partial charge >= 0.3 is 0 Å². The van der Waals surface area contributed by atoms with Crippen LogP contribution >= 0.6 is 45.3 Å². The lowest BCUT2D eigenvalue weighted by molar-refractivity contribution is 0.199. The number of aliphatic hydroxyl groups is 1. The van der Waals surface area contributed by atoms with Crippen LogP contribution in [-0.2, 0) is 65.6 Å². The van der Waals surface area contributed by atoms with Crippen LogP contribution in [0.4, 0.5) is 4.39 Å². The van der Waals surface area contributed by atoms with Gasteiger partial charge in [-0.3, -0.25) is 0 Å². The first-order chi connectivity index (χ1) is 53.3. The van der Waals surface area contributed by atoms with Crippen molar-refractivity contribution in [1.29, 1.82) is 0 Å². The molecule has 0 radical (unpaired) electrons. The van der Waals surface area contributed by atoms with Crippen LogP contribution in [0.5, 0.6) is 0 Å². The summed E-state index contributed by atoms with van der Waals surface area (Å²) in [4.78, 5) is 39.2. The summed E-state index contributed by atoms with van der Waals surface area (Å²) in [6.07, 6.45) is 17.5. The molecule has 0 bridgehead atoms. The van der Waals surface area contributed by atoms with Crippen molar-refractivity contribution in [3.8, 4) is 42.3 Å². The lowest BCUT2D eigenvalue weighted by atomic mass is 10.0. The number of hydrogen-bond donors (Lipinski definition) is 1. The van der Waals surface area contributed by atoms with E-state index in [-0.39, 0.29) is 5.82 Å². The number of rotatable bonds is 21. The predicted molar refractivity (Wildman–Crippen MR) is 439 cm³/mol. The SMILES string of the molecule is CC(O)c1cccc(Cc2nccc(-c3ccc(S(=O)(=O)C(C)C)s3)n2)c1.Cc1ccc(Cc2nccc(-c3ccc(S(=O)(=O)N4CCCCC4)s3)n2)cc1C.O=S(=O)(c1ccc(-c2ccnc(Cc3ccc(F)cc3)n2)s1)N1CCCCC1.O=S(=O)(c1ccc(-c2ccnc(Cc3ccccc3)n2)s1)N1CCCCC1. The molecule has 3 fully saturated rings. The first-order valence-electron chi connectivity index (χ1n) is 36.9. The molecular formula is C82H88FN11O9S8. The van der Waals surface area contributed by atoms with E-state index < -0.39 is 51.3 Å². The standard InChI is InChI=1S/C22H25N3O2S2.C20H20FN3O2S2.C20H21N3O2S2.C20H22N2O3S2/c1-16-6-7-18(14-17(16)2)15-21-23-11-10-19(24-21)20-8-9-22(28-20)29(26,27)25-12-4-3-5-13-25;21-16-6-4-15(5-7-16)14-19-22-11-10-17(23-19)18-8-9-20(27-18)28(25,26)24-12-2-1-3-13-24;24-27(25,23-13-5-2-6-14-23)20-10-9-18(26-20)17-11-12-21-19(22-17)15-16-7-3-1-4-8-16;1-13(2)27(24,25)20-8-7-18(26-20)17-9-10-21-19(22-17)12-15-5-4-6-16(11-15)14(3)23/h6-11,14H,3-5,12-13,15H2,1-2H3;4-11H,1-3,12-14H2;1,3-4,7-12H,2,5-6,13-15H2;4-11,13-14,23H,12H2,1-3H3. The van der Waals surface area contributed by atoms with E-state index in [4.69, 9.17) is 0 Å². The maximum absolute atomic E-state index is 13.1. The van der Waals surface area contributed by atoms with Gasteiger partial charge in [-0.15, -0.1) is 45.3 Å². The van der Waals surface area contributed by atoms with Crippen molar-refractivity contribution >= 4 is 85.3 Å². The summed E-state index contributed by atoms with van der Waals surface area (Å²) in [7, 11) is -13.5. The normalized spacial score (nSPS) is 15.0. The third kappa shape index (κ3) is 21.5. The summed E-state index contributed by atoms with van der Waals surface area (Å²) < 4.78 is 121. The van der Waals surface area contributed by atoms with Crippen LogP contribution in [0.25, 0.3) is 42.3 Å². The first kappa shape index (κ1) is 82.0. The molecule has 0 aliphatic carbocycles. The Kier molecular flexibility index (Phi) is 27.7. The van der Waals surface area contributed by atoms with E-state index in [1.807, 2.05) is 78.9 Å². The smallest absolute Gasteiger partial charge is 0.252 e. The van der Waals surface area contributed by atoms with Crippen LogP contribution in [0, 0.1) is 19.7 Å². The summed E-state index contributed by atoms with van der Waals surface area (Å²) in [6, 6.07) is 51.6. The van der Waals surface area contributed by atoms with E-state index >= 15 is 0 Å². The maximum Gasteiger partial charge on any atom is 0.252 e. The van der Waals surface area contributed by atoms with Gasteiger partial charge in [-0.2, -0.15) is 12.9 Å². The van der Waals surface area contributed by atoms with Crippen molar-refractivity contribution in [3.63, 3.8) is 0 Å². The highest BCUT2D eigenvalue weighted by Gasteiger charge is 2.31. The molecule has 0 saturated carbocycles. The number of aromatic nitrogens is 8. The van der Waals surface area contributed by atoms with E-state index in [2.05, 4.69) is 71.9 Å². The number of hydrogen-bond acceptors (Lipinski definition) is 21. The number of thiophene rings is 4. The zero-order valence-corrected chi connectivity index (χ0v) is 68.9. The van der Waals surface area contributed by atoms with Gasteiger partial charge in [0, 0.05) is 89.7 Å². The number of sulfonamides is 3. The van der Waals surface area contributed by atoms with Crippen molar-refractivity contribution in [2.75, 3.05) is 39.3 Å². The third-order valence-electron chi connectivity index (χ3n) is 19.0. The van der Waals surface area contributed by atoms with Gasteiger partial charge in [-0.25, -0.2) is 77.9 Å². The Bertz CT molecular complexity index is 5610. The topological polar surface area (TPSA) is 270 Å². The van der Waals surface area contributed by atoms with Gasteiger partial charge in [-0.1, -0.05) is 104 Å². The van der Waals surface area contributed by atoms with Crippen LogP contribution < -0.4 is 0 Å². The average Bonchev–Trinajstić information content (AvgIpc) is 1.72. The molecular weight excluding hydrogens is 1560 g/mol. The fraction of sp³-hybridized carbons (Fsp3) is 0.317. The minimum absolute atomic E-state index is 0.278. The zero-order chi connectivity index (χ0) is 78.3. The van der Waals surface area contributed by atoms with Crippen LogP contribution in [0.3, 0.4) is 0 Å². The molecule has 0 spiro atoms. The summed E-state index contributed by atoms with van der Waals surface area (Å²) in [5.41, 5.74) is 10.6. The second-order valence-corrected chi connectivity index (χ2v) is 41.1. The van der Waals surface area contributed by atoms with Crippen molar-refractivity contribution in [1.82, 2.24) is 52.8 Å². The summed E-state index contributed by atoms with van der Waals surface area (Å²) in [6.45, 7) is 12.9. The van der Waals surface area contributed by atoms with Crippen LogP contribution in [0.2, 0.25) is 0 Å². The second-order valence-electron chi connectivity index (χ2n) is 27.6. The molecule has 580 valence electrons. The average molecular weight is 1650 g/mol.